The van der Waals surface area contributed by atoms with E-state index in [4.69, 9.17) is 6.57 Å². The Morgan fingerprint density at radius 2 is 1.02 bits per heavy atom. The molecule has 8 heteroatoms. The van der Waals surface area contributed by atoms with E-state index >= 15 is 0 Å². The second kappa shape index (κ2) is 11.2. The number of rotatable bonds is 4. The maximum atomic E-state index is 10.3. The van der Waals surface area contributed by atoms with Crippen molar-refractivity contribution in [3.8, 4) is 49.5 Å². The Morgan fingerprint density at radius 3 is 1.46 bits per heavy atom. The van der Waals surface area contributed by atoms with Crippen molar-refractivity contribution < 1.29 is 0 Å². The molecule has 0 saturated carbocycles. The molecule has 10 aromatic rings. The van der Waals surface area contributed by atoms with Crippen molar-refractivity contribution in [2.75, 3.05) is 0 Å². The number of aromatic nitrogens is 2. The highest BCUT2D eigenvalue weighted by Gasteiger charge is 2.29. The third-order valence-electron chi connectivity index (χ3n) is 10.0. The number of benzene rings is 4. The van der Waals surface area contributed by atoms with Crippen LogP contribution in [0.1, 0.15) is 11.1 Å². The molecule has 0 spiro atoms. The zero-order chi connectivity index (χ0) is 34.5. The van der Waals surface area contributed by atoms with Crippen LogP contribution in [0, 0.1) is 17.9 Å². The number of hydrogen-bond donors (Lipinski definition) is 0. The van der Waals surface area contributed by atoms with Gasteiger partial charge in [0, 0.05) is 26.7 Å². The largest absolute Gasteiger partial charge is 0.307 e. The van der Waals surface area contributed by atoms with Gasteiger partial charge in [-0.05, 0) is 105 Å². The van der Waals surface area contributed by atoms with Gasteiger partial charge in [-0.2, -0.15) is 0 Å². The SMILES string of the molecule is [C-]#[N+]C(C#N)=C1c2cc(-c3cc4c(s3)c3sccc3n4-c3ccccc3)ccc2-c2ccc(-c3cc4c(s3)c3sccc3n4-c3ccccc3)cc21. The predicted molar refractivity (Wildman–Crippen MR) is 221 cm³/mol. The normalized spacial score (nSPS) is 12.2. The van der Waals surface area contributed by atoms with Gasteiger partial charge in [0.05, 0.1) is 53.5 Å². The number of allylic oxidation sites excluding steroid dienone is 1. The van der Waals surface area contributed by atoms with Gasteiger partial charge in [-0.1, -0.05) is 60.7 Å². The van der Waals surface area contributed by atoms with E-state index in [9.17, 15) is 5.26 Å². The maximum Gasteiger partial charge on any atom is 0.270 e. The van der Waals surface area contributed by atoms with E-state index in [1.807, 2.05) is 0 Å². The van der Waals surface area contributed by atoms with Crippen LogP contribution in [0.3, 0.4) is 0 Å². The van der Waals surface area contributed by atoms with Crippen LogP contribution in [0.15, 0.2) is 138 Å². The van der Waals surface area contributed by atoms with Crippen LogP contribution in [0.5, 0.6) is 0 Å². The van der Waals surface area contributed by atoms with E-state index < -0.39 is 0 Å². The molecule has 0 N–H and O–H groups in total. The average Bonchev–Trinajstić information content (AvgIpc) is 4.04. The fourth-order valence-corrected chi connectivity index (χ4v) is 12.2. The fourth-order valence-electron chi connectivity index (χ4n) is 7.79. The number of fused-ring (bicyclic) bond motifs is 9. The highest BCUT2D eigenvalue weighted by molar-refractivity contribution is 7.29. The molecule has 0 saturated heterocycles. The molecule has 0 fully saturated rings. The maximum absolute atomic E-state index is 10.3. The minimum absolute atomic E-state index is 0.119. The quantitative estimate of drug-likeness (QED) is 0.131. The third-order valence-corrected chi connectivity index (χ3v) is 14.5. The smallest absolute Gasteiger partial charge is 0.270 e. The summed E-state index contributed by atoms with van der Waals surface area (Å²) in [6, 6.07) is 45.4. The van der Waals surface area contributed by atoms with E-state index in [1.54, 1.807) is 45.3 Å². The Morgan fingerprint density at radius 1 is 0.538 bits per heavy atom. The highest BCUT2D eigenvalue weighted by atomic mass is 32.1. The van der Waals surface area contributed by atoms with E-state index in [1.165, 1.54) is 40.9 Å². The summed E-state index contributed by atoms with van der Waals surface area (Å²) in [6.07, 6.45) is 0. The molecule has 0 aliphatic heterocycles. The first-order valence-electron chi connectivity index (χ1n) is 16.7. The summed E-state index contributed by atoms with van der Waals surface area (Å²) in [6.45, 7) is 8.03. The molecule has 6 heterocycles. The Labute approximate surface area is 314 Å². The predicted octanol–water partition coefficient (Wildman–Crippen LogP) is 13.6. The summed E-state index contributed by atoms with van der Waals surface area (Å²) in [5.41, 5.74) is 14.1. The van der Waals surface area contributed by atoms with Gasteiger partial charge in [0.25, 0.3) is 5.70 Å². The van der Waals surface area contributed by atoms with Crippen molar-refractivity contribution in [3.05, 3.63) is 160 Å². The van der Waals surface area contributed by atoms with Gasteiger partial charge < -0.3 is 9.13 Å². The topological polar surface area (TPSA) is 38.0 Å². The molecule has 4 aromatic carbocycles. The van der Waals surface area contributed by atoms with Crippen molar-refractivity contribution in [1.82, 2.24) is 9.13 Å². The lowest BCUT2D eigenvalue weighted by atomic mass is 9.99. The third kappa shape index (κ3) is 4.15. The van der Waals surface area contributed by atoms with Gasteiger partial charge in [0.2, 0.25) is 0 Å². The van der Waals surface area contributed by atoms with Crippen LogP contribution < -0.4 is 0 Å². The molecular formula is C44H22N4S4. The highest BCUT2D eigenvalue weighted by Crippen LogP contribution is 2.51. The fraction of sp³-hybridized carbons (Fsp3) is 0. The molecular weight excluding hydrogens is 713 g/mol. The standard InChI is InChI=1S/C44H22N4S4/c1-46-33(24-45)40-31-20-25(38-22-36-43(51-38)41-34(16-18-49-41)47(36)27-8-4-2-5-9-27)12-14-29(31)30-15-13-26(21-32(30)40)39-23-37-44(52-39)42-35(17-19-50-42)48(37)28-10-6-3-7-11-28/h2-23H. The van der Waals surface area contributed by atoms with Gasteiger partial charge in [-0.25, -0.2) is 10.1 Å². The van der Waals surface area contributed by atoms with Crippen molar-refractivity contribution in [3.63, 3.8) is 0 Å². The van der Waals surface area contributed by atoms with Crippen LogP contribution in [-0.4, -0.2) is 9.13 Å². The molecule has 0 atom stereocenters. The molecule has 0 radical (unpaired) electrons. The second-order valence-electron chi connectivity index (χ2n) is 12.7. The molecule has 4 nitrogen and oxygen atoms in total. The lowest BCUT2D eigenvalue weighted by molar-refractivity contribution is 1.18. The Hall–Kier alpha value is -6.00. The summed E-state index contributed by atoms with van der Waals surface area (Å²) in [5.74, 6) is 0. The van der Waals surface area contributed by atoms with Crippen molar-refractivity contribution >= 4 is 91.8 Å². The van der Waals surface area contributed by atoms with Crippen molar-refractivity contribution in [1.29, 1.82) is 5.26 Å². The van der Waals surface area contributed by atoms with E-state index in [2.05, 4.69) is 152 Å². The van der Waals surface area contributed by atoms with Crippen molar-refractivity contribution in [2.24, 2.45) is 0 Å². The average molecular weight is 735 g/mol. The molecule has 242 valence electrons. The second-order valence-corrected chi connectivity index (χ2v) is 16.7. The summed E-state index contributed by atoms with van der Waals surface area (Å²) >= 11 is 7.16. The first kappa shape index (κ1) is 29.7. The molecule has 11 rings (SSSR count). The summed E-state index contributed by atoms with van der Waals surface area (Å²) in [5, 5.41) is 14.6. The molecule has 1 aliphatic carbocycles. The molecule has 0 unspecified atom stereocenters. The first-order chi connectivity index (χ1) is 25.7. The minimum atomic E-state index is 0.119. The van der Waals surface area contributed by atoms with Crippen molar-refractivity contribution in [2.45, 2.75) is 0 Å². The first-order valence-corrected chi connectivity index (χ1v) is 20.0. The monoisotopic (exact) mass is 734 g/mol. The Balaban J connectivity index is 1.05. The number of para-hydroxylation sites is 2. The van der Waals surface area contributed by atoms with Gasteiger partial charge >= 0.3 is 0 Å². The van der Waals surface area contributed by atoms with Crippen LogP contribution in [0.2, 0.25) is 0 Å². The van der Waals surface area contributed by atoms with Gasteiger partial charge in [0.15, 0.2) is 0 Å². The Kier molecular flexibility index (Phi) is 6.43. The lowest BCUT2D eigenvalue weighted by Crippen LogP contribution is -1.91. The van der Waals surface area contributed by atoms with Crippen LogP contribution in [0.4, 0.5) is 0 Å². The number of nitrogens with zero attached hydrogens (tertiary/aromatic N) is 4. The molecule has 6 aromatic heterocycles. The molecule has 52 heavy (non-hydrogen) atoms. The van der Waals surface area contributed by atoms with E-state index in [0.29, 0.717) is 0 Å². The number of hydrogen-bond acceptors (Lipinski definition) is 5. The number of thiophene rings is 4. The summed E-state index contributed by atoms with van der Waals surface area (Å²) < 4.78 is 9.83. The zero-order valence-electron chi connectivity index (χ0n) is 27.1. The van der Waals surface area contributed by atoms with Crippen LogP contribution >= 0.6 is 45.3 Å². The van der Waals surface area contributed by atoms with E-state index in [-0.39, 0.29) is 5.70 Å². The van der Waals surface area contributed by atoms with Gasteiger partial charge in [0.1, 0.15) is 0 Å². The summed E-state index contributed by atoms with van der Waals surface area (Å²) in [4.78, 5) is 6.08. The zero-order valence-corrected chi connectivity index (χ0v) is 30.4. The lowest BCUT2D eigenvalue weighted by Gasteiger charge is -2.07. The Bertz CT molecular complexity index is 2990. The van der Waals surface area contributed by atoms with Crippen LogP contribution in [-0.2, 0) is 0 Å². The summed E-state index contributed by atoms with van der Waals surface area (Å²) in [7, 11) is 0. The minimum Gasteiger partial charge on any atom is -0.307 e. The van der Waals surface area contributed by atoms with Gasteiger partial charge in [-0.15, -0.1) is 45.3 Å². The van der Waals surface area contributed by atoms with E-state index in [0.717, 1.165) is 60.1 Å². The van der Waals surface area contributed by atoms with Crippen LogP contribution in [0.25, 0.3) is 94.7 Å². The van der Waals surface area contributed by atoms with Gasteiger partial charge in [-0.3, -0.25) is 0 Å². The molecule has 1 aliphatic rings. The number of nitriles is 1. The molecule has 0 bridgehead atoms. The molecule has 0 amide bonds.